The molecule has 0 bridgehead atoms. The highest BCUT2D eigenvalue weighted by Crippen LogP contribution is 2.23. The first-order chi connectivity index (χ1) is 12.2. The number of nitrogens with zero attached hydrogens (tertiary/aromatic N) is 1. The van der Waals surface area contributed by atoms with Gasteiger partial charge in [0.15, 0.2) is 0 Å². The lowest BCUT2D eigenvalue weighted by Crippen LogP contribution is -2.31. The van der Waals surface area contributed by atoms with E-state index >= 15 is 0 Å². The summed E-state index contributed by atoms with van der Waals surface area (Å²) in [4.78, 5) is 4.33. The fraction of sp³-hybridized carbons (Fsp3) is 0.350. The van der Waals surface area contributed by atoms with Crippen LogP contribution in [0.4, 0.5) is 4.39 Å². The van der Waals surface area contributed by atoms with E-state index in [9.17, 15) is 4.39 Å². The van der Waals surface area contributed by atoms with Crippen LogP contribution in [0.1, 0.15) is 25.3 Å². The quantitative estimate of drug-likeness (QED) is 0.745. The number of rotatable bonds is 3. The van der Waals surface area contributed by atoms with Crippen molar-refractivity contribution in [2.24, 2.45) is 5.92 Å². The molecule has 130 valence electrons. The largest absolute Gasteiger partial charge is 0.342 e. The van der Waals surface area contributed by atoms with Crippen LogP contribution in [0.5, 0.6) is 0 Å². The molecule has 1 aliphatic heterocycles. The van der Waals surface area contributed by atoms with Gasteiger partial charge in [-0.3, -0.25) is 4.98 Å². The van der Waals surface area contributed by atoms with Crippen LogP contribution in [0, 0.1) is 23.6 Å². The number of halogens is 2. The van der Waals surface area contributed by atoms with Gasteiger partial charge in [-0.1, -0.05) is 36.9 Å². The predicted octanol–water partition coefficient (Wildman–Crippen LogP) is 4.68. The molecule has 1 saturated heterocycles. The first-order valence-corrected chi connectivity index (χ1v) is 8.69. The first kappa shape index (κ1) is 17.9. The van der Waals surface area contributed by atoms with Gasteiger partial charge in [0.1, 0.15) is 5.82 Å². The van der Waals surface area contributed by atoms with Crippen molar-refractivity contribution in [2.75, 3.05) is 13.2 Å². The van der Waals surface area contributed by atoms with Gasteiger partial charge in [-0.2, -0.15) is 0 Å². The zero-order chi connectivity index (χ0) is 17.6. The molecule has 1 fully saturated rings. The fourth-order valence-corrected chi connectivity index (χ4v) is 2.76. The van der Waals surface area contributed by atoms with Crippen LogP contribution in [-0.4, -0.2) is 24.5 Å². The normalized spacial score (nSPS) is 20.0. The second kappa shape index (κ2) is 8.44. The number of hydrogen-bond acceptors (Lipinski definition) is 3. The highest BCUT2D eigenvalue weighted by Gasteiger charge is 2.19. The second-order valence-corrected chi connectivity index (χ2v) is 6.39. The predicted molar refractivity (Wildman–Crippen MR) is 95.6 cm³/mol. The summed E-state index contributed by atoms with van der Waals surface area (Å²) in [5.41, 5.74) is 2.08. The molecule has 2 heterocycles. The Morgan fingerprint density at radius 3 is 2.68 bits per heavy atom. The molecular formula is C20H19ClFNO2. The zero-order valence-electron chi connectivity index (χ0n) is 14.0. The molecule has 25 heavy (non-hydrogen) atoms. The minimum Gasteiger partial charge on any atom is -0.342 e. The van der Waals surface area contributed by atoms with E-state index in [1.54, 1.807) is 18.3 Å². The Kier molecular flexibility index (Phi) is 6.04. The minimum absolute atomic E-state index is 0.0971. The Labute approximate surface area is 152 Å². The van der Waals surface area contributed by atoms with Gasteiger partial charge in [-0.15, -0.1) is 0 Å². The van der Waals surface area contributed by atoms with Crippen molar-refractivity contribution < 1.29 is 13.9 Å². The van der Waals surface area contributed by atoms with Crippen LogP contribution < -0.4 is 0 Å². The lowest BCUT2D eigenvalue weighted by atomic mass is 10.1. The molecule has 3 nitrogen and oxygen atoms in total. The van der Waals surface area contributed by atoms with Crippen molar-refractivity contribution in [3.8, 4) is 23.1 Å². The van der Waals surface area contributed by atoms with Crippen LogP contribution in [0.25, 0.3) is 11.3 Å². The van der Waals surface area contributed by atoms with Gasteiger partial charge in [0.05, 0.1) is 23.9 Å². The van der Waals surface area contributed by atoms with Gasteiger partial charge in [0, 0.05) is 23.2 Å². The van der Waals surface area contributed by atoms with Gasteiger partial charge in [-0.25, -0.2) is 4.39 Å². The summed E-state index contributed by atoms with van der Waals surface area (Å²) < 4.78 is 24.8. The highest BCUT2D eigenvalue weighted by atomic mass is 35.5. The van der Waals surface area contributed by atoms with E-state index in [0.717, 1.165) is 18.4 Å². The molecule has 1 aromatic carbocycles. The van der Waals surface area contributed by atoms with Crippen molar-refractivity contribution in [1.82, 2.24) is 4.98 Å². The summed E-state index contributed by atoms with van der Waals surface area (Å²) in [6.45, 7) is 3.53. The van der Waals surface area contributed by atoms with Gasteiger partial charge in [0.25, 0.3) is 0 Å². The lowest BCUT2D eigenvalue weighted by molar-refractivity contribution is -0.170. The van der Waals surface area contributed by atoms with Crippen LogP contribution in [0.15, 0.2) is 36.5 Å². The molecule has 0 radical (unpaired) electrons. The van der Waals surface area contributed by atoms with E-state index < -0.39 is 12.1 Å². The van der Waals surface area contributed by atoms with Gasteiger partial charge < -0.3 is 9.47 Å². The molecule has 0 amide bonds. The van der Waals surface area contributed by atoms with Crippen molar-refractivity contribution in [1.29, 1.82) is 0 Å². The van der Waals surface area contributed by atoms with Crippen molar-refractivity contribution >= 4 is 11.6 Å². The zero-order valence-corrected chi connectivity index (χ0v) is 14.7. The number of hydrogen-bond donors (Lipinski definition) is 0. The Hall–Kier alpha value is -1.93. The summed E-state index contributed by atoms with van der Waals surface area (Å²) in [6.07, 6.45) is 3.40. The fourth-order valence-electron chi connectivity index (χ4n) is 2.64. The average Bonchev–Trinajstić information content (AvgIpc) is 2.64. The molecule has 2 aromatic rings. The lowest BCUT2D eigenvalue weighted by Gasteiger charge is -2.26. The number of pyridine rings is 1. The van der Waals surface area contributed by atoms with Gasteiger partial charge in [-0.05, 0) is 36.6 Å². The third-order valence-corrected chi connectivity index (χ3v) is 4.28. The Balaban J connectivity index is 1.63. The molecule has 1 aliphatic rings. The van der Waals surface area contributed by atoms with Crippen LogP contribution in [0.2, 0.25) is 5.02 Å². The highest BCUT2D eigenvalue weighted by molar-refractivity contribution is 6.30. The molecule has 0 aliphatic carbocycles. The molecule has 0 unspecified atom stereocenters. The number of benzene rings is 1. The topological polar surface area (TPSA) is 31.4 Å². The number of ether oxygens (including phenoxy) is 2. The molecule has 0 spiro atoms. The first-order valence-electron chi connectivity index (χ1n) is 8.32. The Bertz CT molecular complexity index is 775. The molecular weight excluding hydrogens is 341 g/mol. The van der Waals surface area contributed by atoms with Crippen molar-refractivity contribution in [3.05, 3.63) is 52.9 Å². The van der Waals surface area contributed by atoms with Gasteiger partial charge >= 0.3 is 0 Å². The third-order valence-electron chi connectivity index (χ3n) is 3.98. The van der Waals surface area contributed by atoms with E-state index in [1.807, 2.05) is 6.07 Å². The molecule has 0 atom stereocenters. The Morgan fingerprint density at radius 2 is 2.04 bits per heavy atom. The maximum atomic E-state index is 13.5. The monoisotopic (exact) mass is 359 g/mol. The van der Waals surface area contributed by atoms with Crippen molar-refractivity contribution in [2.45, 2.75) is 26.1 Å². The van der Waals surface area contributed by atoms with E-state index in [4.69, 9.17) is 21.1 Å². The van der Waals surface area contributed by atoms with Crippen LogP contribution >= 0.6 is 11.6 Å². The summed E-state index contributed by atoms with van der Waals surface area (Å²) in [5.74, 6) is 5.97. The average molecular weight is 360 g/mol. The summed E-state index contributed by atoms with van der Waals surface area (Å²) in [6, 6.07) is 8.25. The Morgan fingerprint density at radius 1 is 1.24 bits per heavy atom. The van der Waals surface area contributed by atoms with Crippen molar-refractivity contribution in [3.63, 3.8) is 0 Å². The van der Waals surface area contributed by atoms with E-state index in [1.165, 1.54) is 12.1 Å². The molecule has 0 saturated carbocycles. The maximum absolute atomic E-state index is 13.5. The van der Waals surface area contributed by atoms with Crippen LogP contribution in [-0.2, 0) is 9.47 Å². The van der Waals surface area contributed by atoms with E-state index in [2.05, 4.69) is 23.7 Å². The van der Waals surface area contributed by atoms with Gasteiger partial charge in [0.2, 0.25) is 6.29 Å². The van der Waals surface area contributed by atoms with Crippen LogP contribution in [0.3, 0.4) is 0 Å². The maximum Gasteiger partial charge on any atom is 0.222 e. The molecule has 0 N–H and O–H groups in total. The number of aromatic nitrogens is 1. The SMILES string of the molecule is CCCC1COC(C#Cc2ccc(-c3ccc(Cl)c(F)c3)nc2)OC1. The minimum atomic E-state index is -0.488. The second-order valence-electron chi connectivity index (χ2n) is 5.98. The summed E-state index contributed by atoms with van der Waals surface area (Å²) >= 11 is 5.70. The van der Waals surface area contributed by atoms with E-state index in [0.29, 0.717) is 30.4 Å². The summed E-state index contributed by atoms with van der Waals surface area (Å²) in [7, 11) is 0. The standard InChI is InChI=1S/C20H19ClFNO2/c1-2-3-15-12-24-20(25-13-15)9-5-14-4-8-19(23-11-14)16-6-7-17(21)18(22)10-16/h4,6-8,10-11,15,20H,2-3,12-13H2,1H3. The molecule has 1 aromatic heterocycles. The van der Waals surface area contributed by atoms with E-state index in [-0.39, 0.29) is 5.02 Å². The summed E-state index contributed by atoms with van der Waals surface area (Å²) in [5, 5.41) is 0.0971. The molecule has 5 heteroatoms. The third kappa shape index (κ3) is 4.79. The smallest absolute Gasteiger partial charge is 0.222 e. The molecule has 3 rings (SSSR count).